The number of alkyl halides is 1. The predicted octanol–water partition coefficient (Wildman–Crippen LogP) is 0.864. The van der Waals surface area contributed by atoms with E-state index in [1.54, 1.807) is 7.11 Å². The van der Waals surface area contributed by atoms with Crippen LogP contribution in [0.3, 0.4) is 0 Å². The number of carbonyl (C=O) groups excluding carboxylic acids is 2. The van der Waals surface area contributed by atoms with Gasteiger partial charge in [-0.3, -0.25) is 14.9 Å². The second-order valence-corrected chi connectivity index (χ2v) is 6.30. The summed E-state index contributed by atoms with van der Waals surface area (Å²) in [6, 6.07) is 7.26. The Balaban J connectivity index is 1.56. The Hall–Kier alpha value is -2.15. The summed E-state index contributed by atoms with van der Waals surface area (Å²) in [5, 5.41) is 8.57. The number of halogens is 1. The molecular weight excluding hydrogens is 313 g/mol. The maximum absolute atomic E-state index is 13.5. The SMILES string of the molecule is COc1cccc(CNC(=O)C2NC(=O)C3CC(F)CCC3N2)c1. The first-order valence-corrected chi connectivity index (χ1v) is 8.18. The Morgan fingerprint density at radius 3 is 3.04 bits per heavy atom. The lowest BCUT2D eigenvalue weighted by Gasteiger charge is -2.40. The second-order valence-electron chi connectivity index (χ2n) is 6.30. The smallest absolute Gasteiger partial charge is 0.257 e. The minimum Gasteiger partial charge on any atom is -0.497 e. The summed E-state index contributed by atoms with van der Waals surface area (Å²) in [6.07, 6.45) is -0.488. The Bertz CT molecular complexity index is 625. The number of carbonyl (C=O) groups is 2. The fraction of sp³-hybridized carbons (Fsp3) is 0.529. The van der Waals surface area contributed by atoms with Gasteiger partial charge in [0.1, 0.15) is 11.9 Å². The Morgan fingerprint density at radius 2 is 2.25 bits per heavy atom. The van der Waals surface area contributed by atoms with E-state index in [0.717, 1.165) is 11.3 Å². The lowest BCUT2D eigenvalue weighted by molar-refractivity contribution is -0.138. The van der Waals surface area contributed by atoms with E-state index in [1.807, 2.05) is 24.3 Å². The van der Waals surface area contributed by atoms with E-state index in [4.69, 9.17) is 4.74 Å². The fourth-order valence-corrected chi connectivity index (χ4v) is 3.33. The van der Waals surface area contributed by atoms with Gasteiger partial charge in [0, 0.05) is 12.6 Å². The standard InChI is InChI=1S/C17H22FN3O3/c1-24-12-4-2-3-10(7-12)9-19-17(23)15-20-14-6-5-11(18)8-13(14)16(22)21-15/h2-4,7,11,13-15,20H,5-6,8-9H2,1H3,(H,19,23)(H,21,22). The molecule has 2 aliphatic rings. The number of fused-ring (bicyclic) bond motifs is 1. The van der Waals surface area contributed by atoms with Crippen LogP contribution in [0, 0.1) is 5.92 Å². The van der Waals surface area contributed by atoms with Crippen molar-refractivity contribution in [1.82, 2.24) is 16.0 Å². The fourth-order valence-electron chi connectivity index (χ4n) is 3.33. The number of amides is 2. The van der Waals surface area contributed by atoms with Crippen LogP contribution in [0.25, 0.3) is 0 Å². The van der Waals surface area contributed by atoms with Crippen LogP contribution in [-0.2, 0) is 16.1 Å². The third-order valence-electron chi connectivity index (χ3n) is 4.65. The molecule has 7 heteroatoms. The largest absolute Gasteiger partial charge is 0.497 e. The van der Waals surface area contributed by atoms with Crippen LogP contribution in [0.1, 0.15) is 24.8 Å². The van der Waals surface area contributed by atoms with Gasteiger partial charge in [0.05, 0.1) is 13.0 Å². The van der Waals surface area contributed by atoms with E-state index in [9.17, 15) is 14.0 Å². The molecule has 1 aliphatic carbocycles. The Morgan fingerprint density at radius 1 is 1.42 bits per heavy atom. The van der Waals surface area contributed by atoms with Gasteiger partial charge in [-0.2, -0.15) is 0 Å². The van der Waals surface area contributed by atoms with Crippen LogP contribution in [0.15, 0.2) is 24.3 Å². The monoisotopic (exact) mass is 335 g/mol. The molecule has 4 unspecified atom stereocenters. The molecule has 0 bridgehead atoms. The van der Waals surface area contributed by atoms with Gasteiger partial charge in [-0.05, 0) is 37.0 Å². The second kappa shape index (κ2) is 7.17. The summed E-state index contributed by atoms with van der Waals surface area (Å²) >= 11 is 0. The minimum atomic E-state index is -0.933. The first-order valence-electron chi connectivity index (χ1n) is 8.18. The quantitative estimate of drug-likeness (QED) is 0.763. The number of rotatable bonds is 4. The van der Waals surface area contributed by atoms with Crippen molar-refractivity contribution in [2.45, 2.75) is 44.2 Å². The van der Waals surface area contributed by atoms with Crippen LogP contribution in [0.2, 0.25) is 0 Å². The van der Waals surface area contributed by atoms with Crippen molar-refractivity contribution in [2.24, 2.45) is 5.92 Å². The molecule has 2 amide bonds. The molecule has 6 nitrogen and oxygen atoms in total. The maximum Gasteiger partial charge on any atom is 0.257 e. The molecule has 2 fully saturated rings. The zero-order chi connectivity index (χ0) is 17.1. The summed E-state index contributed by atoms with van der Waals surface area (Å²) in [5.41, 5.74) is 0.903. The molecular formula is C17H22FN3O3. The average Bonchev–Trinajstić information content (AvgIpc) is 2.60. The summed E-state index contributed by atoms with van der Waals surface area (Å²) in [5.74, 6) is -0.220. The topological polar surface area (TPSA) is 79.5 Å². The van der Waals surface area contributed by atoms with Gasteiger partial charge in [-0.1, -0.05) is 12.1 Å². The molecule has 0 radical (unpaired) electrons. The first kappa shape index (κ1) is 16.7. The highest BCUT2D eigenvalue weighted by Gasteiger charge is 2.42. The molecule has 1 aromatic carbocycles. The lowest BCUT2D eigenvalue weighted by atomic mass is 9.81. The van der Waals surface area contributed by atoms with Crippen molar-refractivity contribution in [3.05, 3.63) is 29.8 Å². The average molecular weight is 335 g/mol. The van der Waals surface area contributed by atoms with Crippen LogP contribution < -0.4 is 20.7 Å². The molecule has 3 rings (SSSR count). The van der Waals surface area contributed by atoms with Crippen molar-refractivity contribution >= 4 is 11.8 Å². The number of benzene rings is 1. The molecule has 0 spiro atoms. The number of ether oxygens (including phenoxy) is 1. The van der Waals surface area contributed by atoms with Gasteiger partial charge < -0.3 is 15.4 Å². The molecule has 1 saturated heterocycles. The highest BCUT2D eigenvalue weighted by atomic mass is 19.1. The number of hydrogen-bond acceptors (Lipinski definition) is 4. The van der Waals surface area contributed by atoms with Crippen molar-refractivity contribution in [1.29, 1.82) is 0 Å². The third kappa shape index (κ3) is 3.67. The lowest BCUT2D eigenvalue weighted by Crippen LogP contribution is -2.67. The van der Waals surface area contributed by atoms with Crippen LogP contribution in [0.4, 0.5) is 4.39 Å². The van der Waals surface area contributed by atoms with Crippen molar-refractivity contribution in [2.75, 3.05) is 7.11 Å². The predicted molar refractivity (Wildman–Crippen MR) is 85.9 cm³/mol. The minimum absolute atomic E-state index is 0.140. The van der Waals surface area contributed by atoms with E-state index in [2.05, 4.69) is 16.0 Å². The molecule has 1 aromatic rings. The molecule has 3 N–H and O–H groups in total. The molecule has 1 saturated carbocycles. The van der Waals surface area contributed by atoms with E-state index >= 15 is 0 Å². The summed E-state index contributed by atoms with van der Waals surface area (Å²) < 4.78 is 18.6. The number of methoxy groups -OCH3 is 1. The summed E-state index contributed by atoms with van der Waals surface area (Å²) in [7, 11) is 1.59. The molecule has 4 atom stereocenters. The molecule has 1 aliphatic heterocycles. The van der Waals surface area contributed by atoms with Crippen molar-refractivity contribution in [3.8, 4) is 5.75 Å². The van der Waals surface area contributed by atoms with Gasteiger partial charge in [0.25, 0.3) is 5.91 Å². The van der Waals surface area contributed by atoms with Crippen molar-refractivity contribution in [3.63, 3.8) is 0 Å². The van der Waals surface area contributed by atoms with Gasteiger partial charge in [-0.15, -0.1) is 0 Å². The van der Waals surface area contributed by atoms with Gasteiger partial charge in [0.15, 0.2) is 6.17 Å². The van der Waals surface area contributed by atoms with E-state index in [1.165, 1.54) is 0 Å². The molecule has 1 heterocycles. The zero-order valence-corrected chi connectivity index (χ0v) is 13.5. The first-order chi connectivity index (χ1) is 11.6. The van der Waals surface area contributed by atoms with Crippen LogP contribution >= 0.6 is 0 Å². The summed E-state index contributed by atoms with van der Waals surface area (Å²) in [6.45, 7) is 0.338. The molecule has 24 heavy (non-hydrogen) atoms. The number of hydrogen-bond donors (Lipinski definition) is 3. The van der Waals surface area contributed by atoms with Gasteiger partial charge in [-0.25, -0.2) is 4.39 Å². The Kier molecular flexibility index (Phi) is 4.99. The third-order valence-corrected chi connectivity index (χ3v) is 4.65. The van der Waals surface area contributed by atoms with Crippen LogP contribution in [0.5, 0.6) is 5.75 Å². The van der Waals surface area contributed by atoms with E-state index in [-0.39, 0.29) is 24.3 Å². The summed E-state index contributed by atoms with van der Waals surface area (Å²) in [4.78, 5) is 24.4. The van der Waals surface area contributed by atoms with Gasteiger partial charge >= 0.3 is 0 Å². The van der Waals surface area contributed by atoms with Crippen molar-refractivity contribution < 1.29 is 18.7 Å². The normalized spacial score (nSPS) is 29.3. The highest BCUT2D eigenvalue weighted by Crippen LogP contribution is 2.29. The molecule has 130 valence electrons. The Labute approximate surface area is 140 Å². The highest BCUT2D eigenvalue weighted by molar-refractivity contribution is 5.90. The molecule has 0 aromatic heterocycles. The number of nitrogens with one attached hydrogen (secondary N) is 3. The van der Waals surface area contributed by atoms with E-state index in [0.29, 0.717) is 19.4 Å². The van der Waals surface area contributed by atoms with Crippen LogP contribution in [-0.4, -0.2) is 37.3 Å². The van der Waals surface area contributed by atoms with Gasteiger partial charge in [0.2, 0.25) is 5.91 Å². The maximum atomic E-state index is 13.5. The van der Waals surface area contributed by atoms with E-state index < -0.39 is 18.3 Å². The zero-order valence-electron chi connectivity index (χ0n) is 13.5.